The van der Waals surface area contributed by atoms with E-state index in [0.717, 1.165) is 37.6 Å². The van der Waals surface area contributed by atoms with Crippen LogP contribution in [0.15, 0.2) is 35.4 Å². The number of anilines is 1. The number of benzene rings is 1. The first-order valence-corrected chi connectivity index (χ1v) is 8.27. The molecule has 1 N–H and O–H groups in total. The van der Waals surface area contributed by atoms with Crippen LogP contribution >= 0.6 is 24.0 Å². The Morgan fingerprint density at radius 2 is 2.00 bits per heavy atom. The summed E-state index contributed by atoms with van der Waals surface area (Å²) in [5.41, 5.74) is 1.12. The van der Waals surface area contributed by atoms with E-state index in [2.05, 4.69) is 21.2 Å². The fraction of sp³-hybridized carbons (Fsp3) is 0.333. The Hall–Kier alpha value is -1.73. The Kier molecular flexibility index (Phi) is 4.54. The zero-order valence-electron chi connectivity index (χ0n) is 12.2. The number of thioether (sulfide) groups is 1. The van der Waals surface area contributed by atoms with Crippen molar-refractivity contribution in [2.75, 3.05) is 38.2 Å². The van der Waals surface area contributed by atoms with Gasteiger partial charge in [-0.15, -0.1) is 0 Å². The molecule has 7 heteroatoms. The number of carbonyl (C=O) groups is 1. The maximum Gasteiger partial charge on any atom is 0.265 e. The van der Waals surface area contributed by atoms with Gasteiger partial charge in [-0.05, 0) is 12.1 Å². The number of rotatable bonds is 3. The molecule has 2 fully saturated rings. The van der Waals surface area contributed by atoms with E-state index in [1.165, 1.54) is 11.8 Å². The standard InChI is InChI=1S/C15H17N3O2S2/c1-20-12-5-3-2-4-11(12)18-8-6-17(7-9-18)10-13-14(19)16-15(21)22-13/h2-5,10H,6-9H2,1H3,(H,16,19,21)/b13-10+. The molecular weight excluding hydrogens is 318 g/mol. The minimum atomic E-state index is -0.0952. The lowest BCUT2D eigenvalue weighted by atomic mass is 10.2. The lowest BCUT2D eigenvalue weighted by molar-refractivity contribution is -0.115. The minimum Gasteiger partial charge on any atom is -0.495 e. The second-order valence-corrected chi connectivity index (χ2v) is 6.75. The van der Waals surface area contributed by atoms with E-state index >= 15 is 0 Å². The number of thiocarbonyl (C=S) groups is 1. The fourth-order valence-corrected chi connectivity index (χ4v) is 3.61. The third-order valence-corrected chi connectivity index (χ3v) is 4.83. The Labute approximate surface area is 139 Å². The summed E-state index contributed by atoms with van der Waals surface area (Å²) in [5, 5.41) is 2.64. The van der Waals surface area contributed by atoms with E-state index in [4.69, 9.17) is 17.0 Å². The smallest absolute Gasteiger partial charge is 0.265 e. The van der Waals surface area contributed by atoms with Crippen LogP contribution < -0.4 is 15.0 Å². The molecule has 116 valence electrons. The van der Waals surface area contributed by atoms with E-state index in [-0.39, 0.29) is 5.91 Å². The molecule has 2 aliphatic heterocycles. The maximum absolute atomic E-state index is 11.7. The number of ether oxygens (including phenoxy) is 1. The number of carbonyl (C=O) groups excluding carboxylic acids is 1. The molecule has 0 unspecified atom stereocenters. The molecule has 1 amide bonds. The highest BCUT2D eigenvalue weighted by Crippen LogP contribution is 2.29. The van der Waals surface area contributed by atoms with E-state index in [0.29, 0.717) is 9.23 Å². The summed E-state index contributed by atoms with van der Waals surface area (Å²) in [5.74, 6) is 0.799. The van der Waals surface area contributed by atoms with Crippen LogP contribution in [0.2, 0.25) is 0 Å². The number of piperazine rings is 1. The average molecular weight is 335 g/mol. The van der Waals surface area contributed by atoms with Gasteiger partial charge in [0.15, 0.2) is 0 Å². The number of nitrogens with one attached hydrogen (secondary N) is 1. The maximum atomic E-state index is 11.7. The molecule has 3 rings (SSSR count). The van der Waals surface area contributed by atoms with Crippen LogP contribution in [0.3, 0.4) is 0 Å². The zero-order chi connectivity index (χ0) is 15.5. The van der Waals surface area contributed by atoms with Crippen molar-refractivity contribution < 1.29 is 9.53 Å². The van der Waals surface area contributed by atoms with Crippen molar-refractivity contribution in [3.05, 3.63) is 35.4 Å². The molecule has 0 atom stereocenters. The first-order chi connectivity index (χ1) is 10.7. The lowest BCUT2D eigenvalue weighted by Crippen LogP contribution is -2.44. The second kappa shape index (κ2) is 6.58. The Morgan fingerprint density at radius 3 is 2.64 bits per heavy atom. The van der Waals surface area contributed by atoms with Crippen molar-refractivity contribution in [1.82, 2.24) is 10.2 Å². The lowest BCUT2D eigenvalue weighted by Gasteiger charge is -2.36. The van der Waals surface area contributed by atoms with Gasteiger partial charge in [0.05, 0.1) is 17.7 Å². The fourth-order valence-electron chi connectivity index (χ4n) is 2.56. The van der Waals surface area contributed by atoms with Gasteiger partial charge in [0.1, 0.15) is 10.1 Å². The molecule has 0 bridgehead atoms. The molecule has 0 aliphatic carbocycles. The third-order valence-electron chi connectivity index (χ3n) is 3.68. The summed E-state index contributed by atoms with van der Waals surface area (Å²) in [6.45, 7) is 3.51. The molecule has 22 heavy (non-hydrogen) atoms. The van der Waals surface area contributed by atoms with E-state index in [1.54, 1.807) is 7.11 Å². The molecule has 0 spiro atoms. The summed E-state index contributed by atoms with van der Waals surface area (Å²) < 4.78 is 5.95. The first kappa shape index (κ1) is 15.2. The van der Waals surface area contributed by atoms with Crippen LogP contribution in [0.4, 0.5) is 5.69 Å². The highest BCUT2D eigenvalue weighted by molar-refractivity contribution is 8.26. The van der Waals surface area contributed by atoms with Gasteiger partial charge >= 0.3 is 0 Å². The van der Waals surface area contributed by atoms with Crippen LogP contribution in [0, 0.1) is 0 Å². The van der Waals surface area contributed by atoms with Crippen LogP contribution in [0.1, 0.15) is 0 Å². The number of hydrogen-bond donors (Lipinski definition) is 1. The molecule has 1 aromatic carbocycles. The van der Waals surface area contributed by atoms with Crippen molar-refractivity contribution >= 4 is 39.9 Å². The molecule has 0 saturated carbocycles. The predicted molar refractivity (Wildman–Crippen MR) is 93.2 cm³/mol. The molecule has 1 aromatic rings. The Balaban J connectivity index is 1.64. The normalized spacial score (nSPS) is 20.5. The summed E-state index contributed by atoms with van der Waals surface area (Å²) in [7, 11) is 1.69. The van der Waals surface area contributed by atoms with E-state index < -0.39 is 0 Å². The van der Waals surface area contributed by atoms with Gasteiger partial charge in [-0.1, -0.05) is 36.1 Å². The first-order valence-electron chi connectivity index (χ1n) is 7.04. The molecule has 2 saturated heterocycles. The highest BCUT2D eigenvalue weighted by Gasteiger charge is 2.24. The highest BCUT2D eigenvalue weighted by atomic mass is 32.2. The quantitative estimate of drug-likeness (QED) is 0.671. The van der Waals surface area contributed by atoms with Gasteiger partial charge < -0.3 is 19.9 Å². The summed E-state index contributed by atoms with van der Waals surface area (Å²) >= 11 is 6.33. The number of para-hydroxylation sites is 2. The van der Waals surface area contributed by atoms with Gasteiger partial charge in [0.2, 0.25) is 0 Å². The summed E-state index contributed by atoms with van der Waals surface area (Å²) in [4.78, 5) is 16.8. The largest absolute Gasteiger partial charge is 0.495 e. The van der Waals surface area contributed by atoms with Crippen LogP contribution in [0.25, 0.3) is 0 Å². The van der Waals surface area contributed by atoms with E-state index in [1.807, 2.05) is 24.4 Å². The van der Waals surface area contributed by atoms with Gasteiger partial charge in [-0.3, -0.25) is 4.79 Å². The third kappa shape index (κ3) is 3.20. The van der Waals surface area contributed by atoms with Gasteiger partial charge in [-0.25, -0.2) is 0 Å². The van der Waals surface area contributed by atoms with Crippen molar-refractivity contribution in [3.63, 3.8) is 0 Å². The average Bonchev–Trinajstić information content (AvgIpc) is 2.85. The number of hydrogen-bond acceptors (Lipinski definition) is 6. The van der Waals surface area contributed by atoms with Crippen LogP contribution in [-0.4, -0.2) is 48.4 Å². The molecule has 0 aromatic heterocycles. The van der Waals surface area contributed by atoms with E-state index in [9.17, 15) is 4.79 Å². The van der Waals surface area contributed by atoms with Crippen molar-refractivity contribution in [2.45, 2.75) is 0 Å². The van der Waals surface area contributed by atoms with Crippen LogP contribution in [0.5, 0.6) is 5.75 Å². The Morgan fingerprint density at radius 1 is 1.27 bits per heavy atom. The van der Waals surface area contributed by atoms with Crippen molar-refractivity contribution in [2.24, 2.45) is 0 Å². The summed E-state index contributed by atoms with van der Waals surface area (Å²) in [6.07, 6.45) is 1.92. The van der Waals surface area contributed by atoms with Gasteiger partial charge in [0, 0.05) is 32.4 Å². The summed E-state index contributed by atoms with van der Waals surface area (Å²) in [6, 6.07) is 8.05. The van der Waals surface area contributed by atoms with Gasteiger partial charge in [0.25, 0.3) is 5.91 Å². The molecule has 2 aliphatic rings. The second-order valence-electron chi connectivity index (χ2n) is 5.03. The topological polar surface area (TPSA) is 44.8 Å². The number of nitrogens with zero attached hydrogens (tertiary/aromatic N) is 2. The van der Waals surface area contributed by atoms with Crippen LogP contribution in [-0.2, 0) is 4.79 Å². The van der Waals surface area contributed by atoms with Gasteiger partial charge in [-0.2, -0.15) is 0 Å². The van der Waals surface area contributed by atoms with Crippen molar-refractivity contribution in [3.8, 4) is 5.75 Å². The zero-order valence-corrected chi connectivity index (χ0v) is 13.9. The molecular formula is C15H17N3O2S2. The SMILES string of the molecule is COc1ccccc1N1CCN(/C=C2/SC(=S)NC2=O)CC1. The number of methoxy groups -OCH3 is 1. The minimum absolute atomic E-state index is 0.0952. The Bertz CT molecular complexity index is 625. The molecule has 5 nitrogen and oxygen atoms in total. The van der Waals surface area contributed by atoms with Crippen molar-refractivity contribution in [1.29, 1.82) is 0 Å². The monoisotopic (exact) mass is 335 g/mol. The molecule has 2 heterocycles. The number of amides is 1. The predicted octanol–water partition coefficient (Wildman–Crippen LogP) is 1.81. The molecule has 0 radical (unpaired) electrons.